The fourth-order valence-corrected chi connectivity index (χ4v) is 15.6. The van der Waals surface area contributed by atoms with Crippen molar-refractivity contribution in [1.29, 1.82) is 0 Å². The van der Waals surface area contributed by atoms with Crippen LogP contribution in [0.1, 0.15) is 135 Å². The molecule has 1 unspecified atom stereocenters. The van der Waals surface area contributed by atoms with Crippen LogP contribution in [0.25, 0.3) is 0 Å². The number of carbonyl (C=O) groups excluding carboxylic acids is 1. The molecule has 2 saturated heterocycles. The fraction of sp³-hybridized carbons (Fsp3) is 0.870. The van der Waals surface area contributed by atoms with E-state index in [1.54, 1.807) is 24.5 Å². The van der Waals surface area contributed by atoms with Crippen molar-refractivity contribution in [3.63, 3.8) is 0 Å². The topological polar surface area (TPSA) is 107 Å². The van der Waals surface area contributed by atoms with Crippen LogP contribution in [0, 0.1) is 75.4 Å². The number of pyridine rings is 1. The van der Waals surface area contributed by atoms with Gasteiger partial charge in [0.15, 0.2) is 6.29 Å². The van der Waals surface area contributed by atoms with Crippen LogP contribution < -0.4 is 0 Å². The molecule has 2 aliphatic heterocycles. The van der Waals surface area contributed by atoms with Crippen LogP contribution in [0.3, 0.4) is 0 Å². The number of aliphatic hydroxyl groups excluding tert-OH is 2. The second kappa shape index (κ2) is 14.1. The van der Waals surface area contributed by atoms with Crippen molar-refractivity contribution in [1.82, 2.24) is 4.98 Å². The normalized spacial score (nSPS) is 52.4. The molecule has 20 atom stereocenters. The van der Waals surface area contributed by atoms with E-state index in [-0.39, 0.29) is 64.9 Å². The number of carbonyl (C=O) groups is 1. The van der Waals surface area contributed by atoms with Crippen molar-refractivity contribution in [3.8, 4) is 0 Å². The lowest BCUT2D eigenvalue weighted by atomic mass is 9.43. The molecule has 54 heavy (non-hydrogen) atoms. The minimum atomic E-state index is -0.374. The lowest BCUT2D eigenvalue weighted by molar-refractivity contribution is -0.269. The molecule has 9 rings (SSSR count). The first kappa shape index (κ1) is 38.0. The van der Waals surface area contributed by atoms with Gasteiger partial charge in [0.05, 0.1) is 48.8 Å². The minimum absolute atomic E-state index is 0.0947. The second-order valence-electron chi connectivity index (χ2n) is 20.6. The Labute approximate surface area is 324 Å². The molecule has 300 valence electrons. The SMILES string of the molecule is C[C@H](CCCOC(=O)c1cccnc1)[C@H]1CC[C@H]2[C@@H]3[C@H](O)C[C@@H]4C[C@H](OC5O[C@H]6[C@@H]7O[C@@H](C)CC[C@H]8[C@H](C)CC[C@@H]([C@H]5C)[C@@]867)CC[C@]4(C)[C@H]3C[C@H](O)[C@]12C. The summed E-state index contributed by atoms with van der Waals surface area (Å²) in [7, 11) is 0. The molecule has 0 bridgehead atoms. The van der Waals surface area contributed by atoms with Gasteiger partial charge in [0, 0.05) is 23.7 Å². The highest BCUT2D eigenvalue weighted by Crippen LogP contribution is 2.73. The van der Waals surface area contributed by atoms with Crippen LogP contribution in [0.4, 0.5) is 0 Å². The van der Waals surface area contributed by atoms with Crippen LogP contribution in [-0.4, -0.2) is 70.7 Å². The molecule has 2 N–H and O–H groups in total. The molecule has 8 aliphatic rings. The first-order valence-electron chi connectivity index (χ1n) is 22.3. The van der Waals surface area contributed by atoms with Crippen molar-refractivity contribution in [2.45, 2.75) is 168 Å². The van der Waals surface area contributed by atoms with Gasteiger partial charge in [0.1, 0.15) is 0 Å². The summed E-state index contributed by atoms with van der Waals surface area (Å²) in [5.74, 6) is 4.15. The zero-order valence-corrected chi connectivity index (χ0v) is 33.9. The average Bonchev–Trinajstić information content (AvgIpc) is 3.64. The third-order valence-electron chi connectivity index (χ3n) is 18.4. The van der Waals surface area contributed by atoms with Gasteiger partial charge in [-0.3, -0.25) is 4.98 Å². The van der Waals surface area contributed by atoms with E-state index in [2.05, 4.69) is 46.5 Å². The number of ether oxygens (including phenoxy) is 4. The predicted octanol–water partition coefficient (Wildman–Crippen LogP) is 8.23. The molecule has 1 aromatic rings. The highest BCUT2D eigenvalue weighted by Gasteiger charge is 2.79. The van der Waals surface area contributed by atoms with Gasteiger partial charge in [0.25, 0.3) is 0 Å². The van der Waals surface area contributed by atoms with Gasteiger partial charge < -0.3 is 29.2 Å². The number of fused-ring (bicyclic) bond motifs is 6. The molecule has 0 amide bonds. The second-order valence-corrected chi connectivity index (χ2v) is 20.6. The number of rotatable bonds is 8. The fourth-order valence-electron chi connectivity index (χ4n) is 15.6. The lowest BCUT2D eigenvalue weighted by Crippen LogP contribution is -2.62. The molecule has 3 heterocycles. The summed E-state index contributed by atoms with van der Waals surface area (Å²) in [4.78, 5) is 16.5. The Bertz CT molecular complexity index is 1530. The summed E-state index contributed by atoms with van der Waals surface area (Å²) in [6, 6.07) is 3.48. The van der Waals surface area contributed by atoms with Crippen molar-refractivity contribution in [2.75, 3.05) is 6.61 Å². The van der Waals surface area contributed by atoms with Crippen LogP contribution >= 0.6 is 0 Å². The first-order chi connectivity index (χ1) is 25.9. The van der Waals surface area contributed by atoms with Crippen LogP contribution in [0.5, 0.6) is 0 Å². The molecule has 1 aromatic heterocycles. The van der Waals surface area contributed by atoms with E-state index < -0.39 is 0 Å². The number of aromatic nitrogens is 1. The van der Waals surface area contributed by atoms with Crippen molar-refractivity contribution in [3.05, 3.63) is 30.1 Å². The van der Waals surface area contributed by atoms with E-state index in [9.17, 15) is 15.0 Å². The monoisotopic (exact) mass is 748 g/mol. The standard InChI is InChI=1S/C46H69NO7/c1-25(9-8-20-51-42(50)29-10-7-19-47-24-29)32-15-16-35-39-36(23-38(49)45(32,35)6)44(5)18-17-31(21-30(44)22-37(39)48)53-43-28(4)34-13-11-26(2)33-14-12-27(3)52-40-41(54-43)46(33,34)40/h7,10,19,24-28,30-41,43,48-49H,8-9,11-18,20-23H2,1-6H3/t25-,26-,27+,28-,30+,31-,32-,33+,34+,35+,36+,37-,38+,39+,40+,41+,43?,44+,45-,46-/m1/s1. The summed E-state index contributed by atoms with van der Waals surface area (Å²) in [5.41, 5.74) is 0.563. The van der Waals surface area contributed by atoms with E-state index in [4.69, 9.17) is 18.9 Å². The Balaban J connectivity index is 0.833. The minimum Gasteiger partial charge on any atom is -0.462 e. The third-order valence-corrected chi connectivity index (χ3v) is 18.4. The lowest BCUT2D eigenvalue weighted by Gasteiger charge is -2.63. The van der Waals surface area contributed by atoms with Gasteiger partial charge >= 0.3 is 5.97 Å². The highest BCUT2D eigenvalue weighted by atomic mass is 16.7. The smallest absolute Gasteiger partial charge is 0.339 e. The summed E-state index contributed by atoms with van der Waals surface area (Å²) in [6.45, 7) is 14.7. The van der Waals surface area contributed by atoms with Crippen molar-refractivity contribution in [2.24, 2.45) is 75.4 Å². The zero-order chi connectivity index (χ0) is 37.7. The number of nitrogens with zero attached hydrogens (tertiary/aromatic N) is 1. The Kier molecular flexibility index (Phi) is 9.89. The maximum Gasteiger partial charge on any atom is 0.339 e. The Morgan fingerprint density at radius 1 is 0.944 bits per heavy atom. The molecule has 6 aliphatic carbocycles. The van der Waals surface area contributed by atoms with Gasteiger partial charge in [-0.15, -0.1) is 0 Å². The Morgan fingerprint density at radius 3 is 2.52 bits per heavy atom. The Morgan fingerprint density at radius 2 is 1.72 bits per heavy atom. The molecule has 8 heteroatoms. The largest absolute Gasteiger partial charge is 0.462 e. The molecule has 1 spiro atoms. The van der Waals surface area contributed by atoms with Gasteiger partial charge in [-0.2, -0.15) is 0 Å². The number of esters is 1. The molecule has 8 nitrogen and oxygen atoms in total. The molecule has 0 aromatic carbocycles. The molecule has 6 saturated carbocycles. The Hall–Kier alpha value is -1.58. The molecular formula is C46H69NO7. The quantitative estimate of drug-likeness (QED) is 0.156. The maximum absolute atomic E-state index is 12.4. The van der Waals surface area contributed by atoms with E-state index in [1.165, 1.54) is 25.7 Å². The number of aliphatic hydroxyl groups is 2. The zero-order valence-electron chi connectivity index (χ0n) is 33.9. The van der Waals surface area contributed by atoms with Crippen molar-refractivity contribution < 1.29 is 34.0 Å². The summed E-state index contributed by atoms with van der Waals surface area (Å²) in [6.07, 6.45) is 16.8. The molecule has 0 radical (unpaired) electrons. The third kappa shape index (κ3) is 5.74. The van der Waals surface area contributed by atoms with E-state index in [1.807, 2.05) is 0 Å². The van der Waals surface area contributed by atoms with E-state index in [0.29, 0.717) is 65.6 Å². The van der Waals surface area contributed by atoms with Crippen LogP contribution in [0.2, 0.25) is 0 Å². The van der Waals surface area contributed by atoms with E-state index in [0.717, 1.165) is 63.7 Å². The highest BCUT2D eigenvalue weighted by molar-refractivity contribution is 5.88. The first-order valence-corrected chi connectivity index (χ1v) is 22.3. The van der Waals surface area contributed by atoms with Gasteiger partial charge in [-0.05, 0) is 160 Å². The van der Waals surface area contributed by atoms with Crippen molar-refractivity contribution >= 4 is 5.97 Å². The number of hydrogen-bond acceptors (Lipinski definition) is 8. The van der Waals surface area contributed by atoms with Gasteiger partial charge in [-0.25, -0.2) is 4.79 Å². The molecule has 8 fully saturated rings. The van der Waals surface area contributed by atoms with E-state index >= 15 is 0 Å². The maximum atomic E-state index is 12.4. The van der Waals surface area contributed by atoms with Crippen LogP contribution in [0.15, 0.2) is 24.5 Å². The summed E-state index contributed by atoms with van der Waals surface area (Å²) >= 11 is 0. The van der Waals surface area contributed by atoms with Gasteiger partial charge in [0.2, 0.25) is 0 Å². The van der Waals surface area contributed by atoms with Gasteiger partial charge in [-0.1, -0.05) is 41.0 Å². The molecular weight excluding hydrogens is 679 g/mol. The number of hydrogen-bond donors (Lipinski definition) is 2. The average molecular weight is 748 g/mol. The van der Waals surface area contributed by atoms with Crippen LogP contribution in [-0.2, 0) is 18.9 Å². The predicted molar refractivity (Wildman–Crippen MR) is 205 cm³/mol. The summed E-state index contributed by atoms with van der Waals surface area (Å²) < 4.78 is 26.3. The summed E-state index contributed by atoms with van der Waals surface area (Å²) in [5, 5.41) is 24.3.